The van der Waals surface area contributed by atoms with Crippen molar-refractivity contribution < 1.29 is 83.9 Å². The first-order valence-corrected chi connectivity index (χ1v) is 26.1. The average molecular weight is 1160 g/mol. The van der Waals surface area contributed by atoms with Crippen LogP contribution in [0, 0.1) is 87.3 Å². The summed E-state index contributed by atoms with van der Waals surface area (Å²) >= 11 is 0. The third-order valence-electron chi connectivity index (χ3n) is 14.5. The highest BCUT2D eigenvalue weighted by molar-refractivity contribution is 7.50. The number of halogens is 15. The standard InChI is InChI=1S/C62H29BF15O4P/c64-46-43(47(65)53(71)58(76)52(46)70)63(44-48(66)54(72)59(77)55(73)49(44)67,45-50(68)56(74)60(78)57(75)51(45)69)82-83(79)80-61-39(33-23-19-31(20-24-33)29-11-3-1-4-12-29)27-35-15-7-9-17-37(35)41(61)42-38-18-10-8-16-36(38)28-40(62(42)81-83)34-25-21-32(22-26-34)30-13-5-2-6-14-30/h1-28,79H. The van der Waals surface area contributed by atoms with Crippen LogP contribution in [0.3, 0.4) is 0 Å². The summed E-state index contributed by atoms with van der Waals surface area (Å²) in [6, 6.07) is 45.8. The van der Waals surface area contributed by atoms with Gasteiger partial charge in [-0.05, 0) is 83.4 Å². The van der Waals surface area contributed by atoms with Crippen LogP contribution in [0.5, 0.6) is 11.5 Å². The number of benzene rings is 11. The molecule has 0 unspecified atom stereocenters. The van der Waals surface area contributed by atoms with Crippen LogP contribution in [0.25, 0.3) is 77.2 Å². The van der Waals surface area contributed by atoms with Crippen molar-refractivity contribution in [3.05, 3.63) is 257 Å². The quantitative estimate of drug-likeness (QED) is 0.0412. The summed E-state index contributed by atoms with van der Waals surface area (Å²) in [5, 5.41) is 1.11. The molecule has 4 nitrogen and oxygen atoms in total. The van der Waals surface area contributed by atoms with E-state index in [4.69, 9.17) is 13.2 Å². The first kappa shape index (κ1) is 54.3. The molecule has 1 aliphatic heterocycles. The summed E-state index contributed by atoms with van der Waals surface area (Å²) in [4.78, 5) is 13.6. The van der Waals surface area contributed by atoms with Crippen LogP contribution in [-0.2, 0) is 4.11 Å². The molecule has 414 valence electrons. The van der Waals surface area contributed by atoms with Crippen molar-refractivity contribution in [1.29, 1.82) is 0 Å². The Kier molecular flexibility index (Phi) is 13.3. The van der Waals surface area contributed by atoms with Gasteiger partial charge in [0.1, 0.15) is 34.9 Å². The van der Waals surface area contributed by atoms with E-state index in [1.807, 2.05) is 0 Å². The zero-order chi connectivity index (χ0) is 58.6. The van der Waals surface area contributed by atoms with Gasteiger partial charge in [0.2, 0.25) is 0 Å². The van der Waals surface area contributed by atoms with Gasteiger partial charge in [-0.25, -0.2) is 70.7 Å². The smallest absolute Gasteiger partial charge is 0.487 e. The first-order valence-electron chi connectivity index (χ1n) is 24.6. The molecule has 12 rings (SSSR count). The van der Waals surface area contributed by atoms with E-state index in [1.54, 1.807) is 109 Å². The van der Waals surface area contributed by atoms with Gasteiger partial charge in [0.05, 0.1) is 0 Å². The first-order chi connectivity index (χ1) is 39.8. The molecule has 0 atom stereocenters. The van der Waals surface area contributed by atoms with E-state index in [2.05, 4.69) is 0 Å². The van der Waals surface area contributed by atoms with Crippen molar-refractivity contribution in [3.63, 3.8) is 0 Å². The van der Waals surface area contributed by atoms with Crippen LogP contribution in [0.1, 0.15) is 0 Å². The number of fused-ring (bicyclic) bond motifs is 7. The summed E-state index contributed by atoms with van der Waals surface area (Å²) in [6.45, 7) is 0. The summed E-state index contributed by atoms with van der Waals surface area (Å²) < 4.78 is 262. The zero-order valence-electron chi connectivity index (χ0n) is 41.5. The normalized spacial score (nSPS) is 12.9. The molecule has 0 spiro atoms. The topological polar surface area (TPSA) is 50.0 Å². The summed E-state index contributed by atoms with van der Waals surface area (Å²) in [6.07, 6.45) is -6.93. The lowest BCUT2D eigenvalue weighted by Crippen LogP contribution is -2.74. The predicted octanol–water partition coefficient (Wildman–Crippen LogP) is 16.5. The van der Waals surface area contributed by atoms with Gasteiger partial charge in [-0.1, -0.05) is 158 Å². The lowest BCUT2D eigenvalue weighted by atomic mass is 9.28. The van der Waals surface area contributed by atoms with Gasteiger partial charge in [-0.15, -0.1) is 0 Å². The maximum Gasteiger partial charge on any atom is 0.718 e. The molecule has 0 amide bonds. The minimum absolute atomic E-state index is 0.125. The van der Waals surface area contributed by atoms with Crippen molar-refractivity contribution in [2.24, 2.45) is 0 Å². The molecular formula is C62H29BF15O4P. The molecule has 0 radical (unpaired) electrons. The Morgan fingerprint density at radius 2 is 0.554 bits per heavy atom. The SMILES string of the molecule is OP1(=[O+][B-](c2c(F)c(F)c(F)c(F)c2F)(c2c(F)c(F)c(F)c(F)c2F)c2c(F)c(F)c(F)c(F)c2F)Oc2c(-c3ccc(-c4ccccc4)cc3)cc3ccccc3c2-c2c(c(-c3ccc(-c4ccccc4)cc3)cc3ccccc23)O1. The van der Waals surface area contributed by atoms with Crippen LogP contribution in [0.4, 0.5) is 65.9 Å². The molecule has 1 N–H and O–H groups in total. The fraction of sp³-hybridized carbons (Fsp3) is 0. The molecule has 1 aliphatic rings. The Balaban J connectivity index is 1.32. The Bertz CT molecular complexity index is 4160. The summed E-state index contributed by atoms with van der Waals surface area (Å²) in [5.41, 5.74) is -7.00. The van der Waals surface area contributed by atoms with Gasteiger partial charge >= 0.3 is 14.2 Å². The van der Waals surface area contributed by atoms with E-state index < -0.39 is 129 Å². The van der Waals surface area contributed by atoms with E-state index in [0.29, 0.717) is 33.0 Å². The molecular weight excluding hydrogens is 1140 g/mol. The van der Waals surface area contributed by atoms with Crippen molar-refractivity contribution in [2.75, 3.05) is 0 Å². The second kappa shape index (κ2) is 20.3. The third kappa shape index (κ3) is 8.52. The van der Waals surface area contributed by atoms with E-state index in [9.17, 15) is 4.89 Å². The maximum absolute atomic E-state index is 17.1. The van der Waals surface area contributed by atoms with E-state index in [1.165, 1.54) is 60.7 Å². The zero-order valence-corrected chi connectivity index (χ0v) is 42.4. The van der Waals surface area contributed by atoms with Gasteiger partial charge in [-0.2, -0.15) is 0 Å². The van der Waals surface area contributed by atoms with Crippen LogP contribution in [0.15, 0.2) is 170 Å². The second-order valence-corrected chi connectivity index (χ2v) is 20.6. The lowest BCUT2D eigenvalue weighted by molar-refractivity contribution is 0.219. The molecule has 0 saturated carbocycles. The van der Waals surface area contributed by atoms with E-state index >= 15 is 65.9 Å². The highest BCUT2D eigenvalue weighted by atomic mass is 31.2. The van der Waals surface area contributed by atoms with Gasteiger partial charge in [0, 0.05) is 22.3 Å². The largest absolute Gasteiger partial charge is 0.718 e. The highest BCUT2D eigenvalue weighted by Gasteiger charge is 2.63. The molecule has 0 aromatic heterocycles. The molecule has 11 aromatic rings. The second-order valence-electron chi connectivity index (χ2n) is 19.1. The lowest BCUT2D eigenvalue weighted by Gasteiger charge is -2.32. The molecule has 83 heavy (non-hydrogen) atoms. The molecule has 11 aromatic carbocycles. The predicted molar refractivity (Wildman–Crippen MR) is 283 cm³/mol. The number of rotatable bonds is 8. The summed E-state index contributed by atoms with van der Waals surface area (Å²) in [7, 11) is -6.79. The average Bonchev–Trinajstić information content (AvgIpc) is 1.93. The van der Waals surface area contributed by atoms with Gasteiger partial charge in [0.25, 0.3) is 0 Å². The fourth-order valence-corrected chi connectivity index (χ4v) is 12.4. The molecule has 1 heterocycles. The van der Waals surface area contributed by atoms with Gasteiger partial charge < -0.3 is 13.2 Å². The van der Waals surface area contributed by atoms with Crippen LogP contribution in [-0.4, -0.2) is 11.2 Å². The van der Waals surface area contributed by atoms with Crippen molar-refractivity contribution in [3.8, 4) is 67.1 Å². The Labute approximate surface area is 458 Å². The van der Waals surface area contributed by atoms with Gasteiger partial charge in [-0.3, -0.25) is 0 Å². The van der Waals surface area contributed by atoms with Crippen molar-refractivity contribution >= 4 is 52.1 Å². The fourth-order valence-electron chi connectivity index (χ4n) is 10.7. The minimum atomic E-state index is -6.93. The minimum Gasteiger partial charge on any atom is -0.487 e. The molecule has 0 bridgehead atoms. The Morgan fingerprint density at radius 1 is 0.301 bits per heavy atom. The molecule has 21 heteroatoms. The van der Waals surface area contributed by atoms with Gasteiger partial charge in [0.15, 0.2) is 63.9 Å². The van der Waals surface area contributed by atoms with Crippen LogP contribution >= 0.6 is 7.82 Å². The van der Waals surface area contributed by atoms with Crippen molar-refractivity contribution in [1.82, 2.24) is 0 Å². The number of hydrogen-bond donors (Lipinski definition) is 1. The molecule has 0 aliphatic carbocycles. The Hall–Kier alpha value is -9.26. The Morgan fingerprint density at radius 3 is 0.867 bits per heavy atom. The van der Waals surface area contributed by atoms with E-state index in [0.717, 1.165) is 0 Å². The third-order valence-corrected chi connectivity index (χ3v) is 15.9. The monoisotopic (exact) mass is 1160 g/mol. The molecule has 0 fully saturated rings. The summed E-state index contributed by atoms with van der Waals surface area (Å²) in [5.74, 6) is -50.7. The number of hydrogen-bond acceptors (Lipinski definition) is 2. The highest BCUT2D eigenvalue weighted by Crippen LogP contribution is 2.63. The van der Waals surface area contributed by atoms with Crippen LogP contribution in [0.2, 0.25) is 0 Å². The molecule has 0 saturated heterocycles. The van der Waals surface area contributed by atoms with Crippen molar-refractivity contribution in [2.45, 2.75) is 0 Å². The van der Waals surface area contributed by atoms with Crippen LogP contribution < -0.4 is 25.4 Å². The van der Waals surface area contributed by atoms with E-state index in [-0.39, 0.29) is 44.2 Å². The maximum atomic E-state index is 17.1.